The smallest absolute Gasteiger partial charge is 0.241 e. The fraction of sp³-hybridized carbons (Fsp3) is 0.455. The summed E-state index contributed by atoms with van der Waals surface area (Å²) in [5.74, 6) is 0.796. The highest BCUT2D eigenvalue weighted by Gasteiger charge is 2.17. The van der Waals surface area contributed by atoms with Crippen molar-refractivity contribution in [1.82, 2.24) is 4.72 Å². The average molecular weight is 290 g/mol. The topological polar surface area (TPSA) is 81.4 Å². The van der Waals surface area contributed by atoms with Gasteiger partial charge in [0.05, 0.1) is 4.90 Å². The first-order valence-corrected chi connectivity index (χ1v) is 7.93. The van der Waals surface area contributed by atoms with Gasteiger partial charge in [0.2, 0.25) is 10.0 Å². The summed E-state index contributed by atoms with van der Waals surface area (Å²) >= 11 is 1.48. The molecule has 0 aliphatic heterocycles. The van der Waals surface area contributed by atoms with Gasteiger partial charge in [0.15, 0.2) is 0 Å². The molecule has 1 rings (SSSR count). The third-order valence-corrected chi connectivity index (χ3v) is 5.02. The van der Waals surface area contributed by atoms with Gasteiger partial charge in [0, 0.05) is 30.1 Å². The molecule has 3 N–H and O–H groups in total. The van der Waals surface area contributed by atoms with Crippen LogP contribution in [0, 0.1) is 0 Å². The maximum Gasteiger partial charge on any atom is 0.241 e. The molecule has 0 aliphatic rings. The van der Waals surface area contributed by atoms with Gasteiger partial charge in [-0.2, -0.15) is 0 Å². The molecule has 5 nitrogen and oxygen atoms in total. The van der Waals surface area contributed by atoms with E-state index in [1.165, 1.54) is 24.9 Å². The van der Waals surface area contributed by atoms with Crippen molar-refractivity contribution in [3.63, 3.8) is 0 Å². The van der Waals surface area contributed by atoms with E-state index in [4.69, 9.17) is 10.5 Å². The minimum atomic E-state index is -3.48. The summed E-state index contributed by atoms with van der Waals surface area (Å²) in [5.41, 5.74) is 6.07. The minimum Gasteiger partial charge on any atom is -0.399 e. The first-order valence-electron chi connectivity index (χ1n) is 5.46. The SMILES string of the molecule is CNS(=O)(=O)c1cc(N)ccc1SCCCOC. The zero-order valence-electron chi connectivity index (χ0n) is 10.5. The van der Waals surface area contributed by atoms with Gasteiger partial charge in [-0.05, 0) is 31.7 Å². The number of ether oxygens (including phenoxy) is 1. The highest BCUT2D eigenvalue weighted by Crippen LogP contribution is 2.28. The predicted octanol–water partition coefficient (Wildman–Crippen LogP) is 1.31. The number of hydrogen-bond donors (Lipinski definition) is 2. The number of nitrogens with two attached hydrogens (primary N) is 1. The quantitative estimate of drug-likeness (QED) is 0.449. The lowest BCUT2D eigenvalue weighted by atomic mass is 10.3. The Bertz CT molecular complexity index is 489. The first kappa shape index (κ1) is 15.3. The summed E-state index contributed by atoms with van der Waals surface area (Å²) in [6, 6.07) is 4.91. The number of anilines is 1. The largest absolute Gasteiger partial charge is 0.399 e. The molecule has 0 spiro atoms. The Kier molecular flexibility index (Phi) is 5.94. The summed E-state index contributed by atoms with van der Waals surface area (Å²) in [6.07, 6.45) is 0.866. The molecule has 7 heteroatoms. The van der Waals surface area contributed by atoms with Crippen LogP contribution >= 0.6 is 11.8 Å². The fourth-order valence-electron chi connectivity index (χ4n) is 1.35. The maximum absolute atomic E-state index is 11.9. The molecule has 18 heavy (non-hydrogen) atoms. The number of sulfonamides is 1. The van der Waals surface area contributed by atoms with Crippen molar-refractivity contribution in [3.05, 3.63) is 18.2 Å². The van der Waals surface area contributed by atoms with Gasteiger partial charge in [-0.3, -0.25) is 0 Å². The van der Waals surface area contributed by atoms with Gasteiger partial charge in [0.1, 0.15) is 0 Å². The first-order chi connectivity index (χ1) is 8.51. The highest BCUT2D eigenvalue weighted by atomic mass is 32.2. The predicted molar refractivity (Wildman–Crippen MR) is 74.3 cm³/mol. The van der Waals surface area contributed by atoms with Crippen molar-refractivity contribution < 1.29 is 13.2 Å². The monoisotopic (exact) mass is 290 g/mol. The fourth-order valence-corrected chi connectivity index (χ4v) is 3.55. The van der Waals surface area contributed by atoms with Crippen LogP contribution in [0.2, 0.25) is 0 Å². The van der Waals surface area contributed by atoms with Gasteiger partial charge in [-0.15, -0.1) is 11.8 Å². The number of rotatable bonds is 7. The molecule has 102 valence electrons. The molecule has 0 saturated heterocycles. The van der Waals surface area contributed by atoms with Crippen LogP contribution in [-0.4, -0.2) is 34.9 Å². The molecule has 1 aromatic rings. The van der Waals surface area contributed by atoms with Crippen LogP contribution in [0.4, 0.5) is 5.69 Å². The molecule has 0 saturated carbocycles. The molecule has 0 aromatic heterocycles. The summed E-state index contributed by atoms with van der Waals surface area (Å²) < 4.78 is 31.0. The lowest BCUT2D eigenvalue weighted by Crippen LogP contribution is -2.19. The van der Waals surface area contributed by atoms with Gasteiger partial charge in [0.25, 0.3) is 0 Å². The molecule has 0 amide bonds. The maximum atomic E-state index is 11.9. The second-order valence-electron chi connectivity index (χ2n) is 3.61. The van der Waals surface area contributed by atoms with E-state index >= 15 is 0 Å². The molecular weight excluding hydrogens is 272 g/mol. The van der Waals surface area contributed by atoms with Crippen molar-refractivity contribution in [1.29, 1.82) is 0 Å². The van der Waals surface area contributed by atoms with E-state index in [1.807, 2.05) is 0 Å². The van der Waals surface area contributed by atoms with Crippen LogP contribution in [0.3, 0.4) is 0 Å². The second kappa shape index (κ2) is 6.98. The lowest BCUT2D eigenvalue weighted by molar-refractivity contribution is 0.200. The van der Waals surface area contributed by atoms with Crippen molar-refractivity contribution in [2.45, 2.75) is 16.2 Å². The number of methoxy groups -OCH3 is 1. The normalized spacial score (nSPS) is 11.7. The van der Waals surface area contributed by atoms with Crippen LogP contribution in [0.1, 0.15) is 6.42 Å². The second-order valence-corrected chi connectivity index (χ2v) is 6.60. The van der Waals surface area contributed by atoms with E-state index in [0.717, 1.165) is 12.2 Å². The van der Waals surface area contributed by atoms with Crippen LogP contribution in [-0.2, 0) is 14.8 Å². The summed E-state index contributed by atoms with van der Waals surface area (Å²) in [5, 5.41) is 0. The highest BCUT2D eigenvalue weighted by molar-refractivity contribution is 8.00. The number of nitrogen functional groups attached to an aromatic ring is 1. The Balaban J connectivity index is 2.91. The van der Waals surface area contributed by atoms with Gasteiger partial charge < -0.3 is 10.5 Å². The third-order valence-electron chi connectivity index (χ3n) is 2.28. The van der Waals surface area contributed by atoms with Gasteiger partial charge in [-0.25, -0.2) is 13.1 Å². The van der Waals surface area contributed by atoms with E-state index in [-0.39, 0.29) is 4.90 Å². The molecule has 0 atom stereocenters. The van der Waals surface area contributed by atoms with E-state index in [0.29, 0.717) is 17.2 Å². The van der Waals surface area contributed by atoms with Crippen molar-refractivity contribution >= 4 is 27.5 Å². The summed E-state index contributed by atoms with van der Waals surface area (Å²) in [6.45, 7) is 0.663. The van der Waals surface area contributed by atoms with E-state index < -0.39 is 10.0 Å². The van der Waals surface area contributed by atoms with E-state index in [1.54, 1.807) is 19.2 Å². The van der Waals surface area contributed by atoms with Crippen LogP contribution in [0.15, 0.2) is 28.0 Å². The van der Waals surface area contributed by atoms with Crippen molar-refractivity contribution in [2.75, 3.05) is 32.3 Å². The van der Waals surface area contributed by atoms with Crippen molar-refractivity contribution in [3.8, 4) is 0 Å². The lowest BCUT2D eigenvalue weighted by Gasteiger charge is -2.10. The van der Waals surface area contributed by atoms with E-state index in [9.17, 15) is 8.42 Å². The standard InChI is InChI=1S/C11H18N2O3S2/c1-13-18(14,15)11-8-9(12)4-5-10(11)17-7-3-6-16-2/h4-5,8,13H,3,6-7,12H2,1-2H3. The molecule has 0 aliphatic carbocycles. The Labute approximate surface area is 112 Å². The summed E-state index contributed by atoms with van der Waals surface area (Å²) in [7, 11) is -0.446. The van der Waals surface area contributed by atoms with Crippen LogP contribution in [0.5, 0.6) is 0 Å². The Morgan fingerprint density at radius 2 is 2.17 bits per heavy atom. The molecule has 0 unspecified atom stereocenters. The molecule has 1 aromatic carbocycles. The zero-order valence-corrected chi connectivity index (χ0v) is 12.1. The number of hydrogen-bond acceptors (Lipinski definition) is 5. The minimum absolute atomic E-state index is 0.229. The number of thioether (sulfide) groups is 1. The number of benzene rings is 1. The zero-order chi connectivity index (χ0) is 13.6. The molecule has 0 bridgehead atoms. The number of nitrogens with one attached hydrogen (secondary N) is 1. The Morgan fingerprint density at radius 1 is 1.44 bits per heavy atom. The summed E-state index contributed by atoms with van der Waals surface area (Å²) in [4.78, 5) is 0.932. The van der Waals surface area contributed by atoms with Crippen molar-refractivity contribution in [2.24, 2.45) is 0 Å². The molecule has 0 fully saturated rings. The van der Waals surface area contributed by atoms with Crippen LogP contribution in [0.25, 0.3) is 0 Å². The van der Waals surface area contributed by atoms with Gasteiger partial charge in [-0.1, -0.05) is 0 Å². The van der Waals surface area contributed by atoms with Gasteiger partial charge >= 0.3 is 0 Å². The molecular formula is C11H18N2O3S2. The average Bonchev–Trinajstić information content (AvgIpc) is 2.36. The Hall–Kier alpha value is -0.760. The van der Waals surface area contributed by atoms with E-state index in [2.05, 4.69) is 4.72 Å². The molecule has 0 heterocycles. The Morgan fingerprint density at radius 3 is 2.78 bits per heavy atom. The molecule has 0 radical (unpaired) electrons. The third kappa shape index (κ3) is 4.16. The van der Waals surface area contributed by atoms with Crippen LogP contribution < -0.4 is 10.5 Å².